The number of oxime groups is 1. The van der Waals surface area contributed by atoms with Crippen LogP contribution in [0.25, 0.3) is 0 Å². The summed E-state index contributed by atoms with van der Waals surface area (Å²) in [5.41, 5.74) is 0.392. The molecule has 2 aliphatic heterocycles. The van der Waals surface area contributed by atoms with Gasteiger partial charge in [-0.2, -0.15) is 0 Å². The van der Waals surface area contributed by atoms with E-state index in [1.54, 1.807) is 0 Å². The molecule has 5 nitrogen and oxygen atoms in total. The minimum atomic E-state index is -0.322. The summed E-state index contributed by atoms with van der Waals surface area (Å²) in [5.74, 6) is -0.314. The molecule has 0 spiro atoms. The first kappa shape index (κ1) is 9.61. The molecule has 2 rings (SSSR count). The second-order valence-electron chi connectivity index (χ2n) is 3.87. The zero-order valence-corrected chi connectivity index (χ0v) is 7.95. The Bertz CT molecular complexity index is 269. The lowest BCUT2D eigenvalue weighted by molar-refractivity contribution is -0.140. The van der Waals surface area contributed by atoms with Gasteiger partial charge in [0.25, 0.3) is 0 Å². The zero-order chi connectivity index (χ0) is 10.0. The molecule has 1 saturated heterocycles. The number of nitrogens with one attached hydrogen (secondary N) is 1. The second kappa shape index (κ2) is 3.67. The van der Waals surface area contributed by atoms with E-state index >= 15 is 0 Å². The average Bonchev–Trinajstić information content (AvgIpc) is 2.66. The summed E-state index contributed by atoms with van der Waals surface area (Å²) >= 11 is 0. The van der Waals surface area contributed by atoms with E-state index in [1.165, 1.54) is 0 Å². The molecule has 0 aromatic rings. The highest BCUT2D eigenvalue weighted by molar-refractivity contribution is 6.05. The number of rotatable bonds is 2. The highest BCUT2D eigenvalue weighted by Gasteiger charge is 2.40. The van der Waals surface area contributed by atoms with Crippen LogP contribution in [0.15, 0.2) is 5.16 Å². The Morgan fingerprint density at radius 3 is 2.71 bits per heavy atom. The van der Waals surface area contributed by atoms with Gasteiger partial charge < -0.3 is 15.3 Å². The van der Waals surface area contributed by atoms with Crippen molar-refractivity contribution in [1.29, 1.82) is 0 Å². The molecular weight excluding hydrogens is 184 g/mol. The molecule has 0 amide bonds. The van der Waals surface area contributed by atoms with Gasteiger partial charge in [-0.05, 0) is 25.9 Å². The third kappa shape index (κ3) is 1.53. The van der Waals surface area contributed by atoms with Crippen LogP contribution in [0.1, 0.15) is 19.3 Å². The quantitative estimate of drug-likeness (QED) is 0.595. The first-order chi connectivity index (χ1) is 6.77. The molecule has 0 aliphatic carbocycles. The molecular formula is C9H14N2O3. The van der Waals surface area contributed by atoms with Crippen LogP contribution in [-0.2, 0) is 9.63 Å². The highest BCUT2D eigenvalue weighted by atomic mass is 16.7. The van der Waals surface area contributed by atoms with Crippen molar-refractivity contribution in [3.63, 3.8) is 0 Å². The Kier molecular flexibility index (Phi) is 2.52. The van der Waals surface area contributed by atoms with Crippen LogP contribution in [-0.4, -0.2) is 36.5 Å². The lowest BCUT2D eigenvalue weighted by Gasteiger charge is -2.34. The molecule has 2 N–H and O–H groups in total. The molecule has 0 saturated carbocycles. The molecule has 5 heteroatoms. The lowest BCUT2D eigenvalue weighted by Crippen LogP contribution is -2.44. The fourth-order valence-electron chi connectivity index (χ4n) is 2.03. The number of hydrogen-bond acceptors (Lipinski definition) is 5. The maximum absolute atomic E-state index is 10.9. The molecule has 78 valence electrons. The summed E-state index contributed by atoms with van der Waals surface area (Å²) in [4.78, 5) is 15.5. The van der Waals surface area contributed by atoms with Gasteiger partial charge in [-0.1, -0.05) is 5.16 Å². The van der Waals surface area contributed by atoms with Crippen molar-refractivity contribution in [1.82, 2.24) is 5.32 Å². The molecule has 14 heavy (non-hydrogen) atoms. The molecule has 1 fully saturated rings. The summed E-state index contributed by atoms with van der Waals surface area (Å²) in [7, 11) is 0. The van der Waals surface area contributed by atoms with Crippen LogP contribution in [0.5, 0.6) is 0 Å². The number of piperidine rings is 1. The zero-order valence-electron chi connectivity index (χ0n) is 7.95. The number of carbonyl (C=O) groups is 1. The highest BCUT2D eigenvalue weighted by Crippen LogP contribution is 2.33. The van der Waals surface area contributed by atoms with E-state index in [0.29, 0.717) is 5.71 Å². The fourth-order valence-corrected chi connectivity index (χ4v) is 2.03. The van der Waals surface area contributed by atoms with Crippen molar-refractivity contribution in [2.24, 2.45) is 10.6 Å². The van der Waals surface area contributed by atoms with Crippen LogP contribution >= 0.6 is 0 Å². The van der Waals surface area contributed by atoms with Crippen molar-refractivity contribution in [2.75, 3.05) is 19.7 Å². The Morgan fingerprint density at radius 1 is 1.50 bits per heavy atom. The van der Waals surface area contributed by atoms with E-state index in [-0.39, 0.29) is 24.4 Å². The molecule has 0 unspecified atom stereocenters. The molecule has 0 aromatic carbocycles. The number of aliphatic hydroxyl groups excluding tert-OH is 1. The Hall–Kier alpha value is -0.940. The predicted molar refractivity (Wildman–Crippen MR) is 49.8 cm³/mol. The van der Waals surface area contributed by atoms with E-state index in [0.717, 1.165) is 25.9 Å². The van der Waals surface area contributed by atoms with Gasteiger partial charge in [-0.25, -0.2) is 4.79 Å². The number of nitrogens with zero attached hydrogens (tertiary/aromatic N) is 1. The standard InChI is InChI=1S/C9H14N2O3/c12-6-9(1-3-10-4-2-9)7-5-8(13)14-11-7/h10,12H,1-6H2. The summed E-state index contributed by atoms with van der Waals surface area (Å²) < 4.78 is 0. The molecule has 0 bridgehead atoms. The molecule has 0 aromatic heterocycles. The second-order valence-corrected chi connectivity index (χ2v) is 3.87. The molecule has 0 atom stereocenters. The van der Waals surface area contributed by atoms with Gasteiger partial charge in [0.2, 0.25) is 0 Å². The monoisotopic (exact) mass is 198 g/mol. The fraction of sp³-hybridized carbons (Fsp3) is 0.778. The van der Waals surface area contributed by atoms with Gasteiger partial charge in [-0.3, -0.25) is 0 Å². The first-order valence-electron chi connectivity index (χ1n) is 4.86. The number of hydrogen-bond donors (Lipinski definition) is 2. The minimum absolute atomic E-state index is 0.0458. The van der Waals surface area contributed by atoms with Crippen molar-refractivity contribution in [3.05, 3.63) is 0 Å². The maximum Gasteiger partial charge on any atom is 0.340 e. The summed E-state index contributed by atoms with van der Waals surface area (Å²) in [6.07, 6.45) is 1.87. The van der Waals surface area contributed by atoms with Crippen molar-refractivity contribution in [3.8, 4) is 0 Å². The number of aliphatic hydroxyl groups is 1. The average molecular weight is 198 g/mol. The molecule has 0 radical (unpaired) electrons. The first-order valence-corrected chi connectivity index (χ1v) is 4.86. The maximum atomic E-state index is 10.9. The summed E-state index contributed by atoms with van der Waals surface area (Å²) in [6.45, 7) is 1.76. The van der Waals surface area contributed by atoms with E-state index in [1.807, 2.05) is 0 Å². The van der Waals surface area contributed by atoms with E-state index in [2.05, 4.69) is 15.3 Å². The predicted octanol–water partition coefficient (Wildman–Crippen LogP) is -0.349. The summed E-state index contributed by atoms with van der Waals surface area (Å²) in [5, 5.41) is 16.4. The van der Waals surface area contributed by atoms with Gasteiger partial charge in [-0.15, -0.1) is 0 Å². The third-order valence-corrected chi connectivity index (χ3v) is 3.04. The topological polar surface area (TPSA) is 70.9 Å². The SMILES string of the molecule is O=C1CC(C2(CO)CCNCC2)=NO1. The van der Waals surface area contributed by atoms with Crippen molar-refractivity contribution >= 4 is 11.7 Å². The normalized spacial score (nSPS) is 25.8. The summed E-state index contributed by atoms with van der Waals surface area (Å²) in [6, 6.07) is 0. The molecule has 2 heterocycles. The van der Waals surface area contributed by atoms with Gasteiger partial charge in [0.1, 0.15) is 0 Å². The largest absolute Gasteiger partial charge is 0.395 e. The Labute approximate surface area is 82.1 Å². The van der Waals surface area contributed by atoms with Gasteiger partial charge in [0.05, 0.1) is 18.7 Å². The third-order valence-electron chi connectivity index (χ3n) is 3.04. The Balaban J connectivity index is 2.14. The van der Waals surface area contributed by atoms with Crippen LogP contribution in [0.4, 0.5) is 0 Å². The van der Waals surface area contributed by atoms with Gasteiger partial charge >= 0.3 is 5.97 Å². The molecule has 2 aliphatic rings. The smallest absolute Gasteiger partial charge is 0.340 e. The van der Waals surface area contributed by atoms with E-state index in [9.17, 15) is 9.90 Å². The van der Waals surface area contributed by atoms with E-state index in [4.69, 9.17) is 0 Å². The Morgan fingerprint density at radius 2 is 2.21 bits per heavy atom. The van der Waals surface area contributed by atoms with Crippen molar-refractivity contribution < 1.29 is 14.7 Å². The lowest BCUT2D eigenvalue weighted by atomic mass is 9.74. The minimum Gasteiger partial charge on any atom is -0.395 e. The van der Waals surface area contributed by atoms with Crippen LogP contribution < -0.4 is 5.32 Å². The van der Waals surface area contributed by atoms with Crippen LogP contribution in [0.2, 0.25) is 0 Å². The van der Waals surface area contributed by atoms with Crippen molar-refractivity contribution in [2.45, 2.75) is 19.3 Å². The van der Waals surface area contributed by atoms with Gasteiger partial charge in [0, 0.05) is 5.41 Å². The number of carbonyl (C=O) groups excluding carboxylic acids is 1. The van der Waals surface area contributed by atoms with E-state index < -0.39 is 0 Å². The van der Waals surface area contributed by atoms with Gasteiger partial charge in [0.15, 0.2) is 0 Å². The van der Waals surface area contributed by atoms with Crippen LogP contribution in [0, 0.1) is 5.41 Å². The van der Waals surface area contributed by atoms with Crippen LogP contribution in [0.3, 0.4) is 0 Å².